The molecule has 2 aromatic carbocycles. The Kier molecular flexibility index (Phi) is 4.30. The van der Waals surface area contributed by atoms with Gasteiger partial charge in [-0.25, -0.2) is 0 Å². The van der Waals surface area contributed by atoms with Crippen LogP contribution in [0.2, 0.25) is 0 Å². The number of hydrogen-bond donors (Lipinski definition) is 1. The molecule has 0 aliphatic heterocycles. The number of anilines is 1. The smallest absolute Gasteiger partial charge is 0.326 e. The molecule has 1 amide bonds. The van der Waals surface area contributed by atoms with Gasteiger partial charge in [0.25, 0.3) is 0 Å². The SMILES string of the molecule is CC(=O)Nc1ccccc1C(=O)c1ccc(C(F)(F)F)cc1. The van der Waals surface area contributed by atoms with E-state index in [0.29, 0.717) is 5.69 Å². The number of nitrogens with one attached hydrogen (secondary N) is 1. The van der Waals surface area contributed by atoms with Crippen LogP contribution in [0, 0.1) is 0 Å². The lowest BCUT2D eigenvalue weighted by Gasteiger charge is -2.10. The Morgan fingerprint density at radius 3 is 2.09 bits per heavy atom. The van der Waals surface area contributed by atoms with E-state index in [1.54, 1.807) is 18.2 Å². The van der Waals surface area contributed by atoms with E-state index in [-0.39, 0.29) is 17.0 Å². The molecule has 0 spiro atoms. The van der Waals surface area contributed by atoms with Crippen LogP contribution in [-0.4, -0.2) is 11.7 Å². The fourth-order valence-corrected chi connectivity index (χ4v) is 1.95. The molecule has 0 aliphatic carbocycles. The number of alkyl halides is 3. The number of rotatable bonds is 3. The van der Waals surface area contributed by atoms with Gasteiger partial charge >= 0.3 is 6.18 Å². The molecule has 114 valence electrons. The first kappa shape index (κ1) is 15.8. The fourth-order valence-electron chi connectivity index (χ4n) is 1.95. The Bertz CT molecular complexity index is 706. The van der Waals surface area contributed by atoms with Crippen molar-refractivity contribution < 1.29 is 22.8 Å². The minimum absolute atomic E-state index is 0.116. The summed E-state index contributed by atoms with van der Waals surface area (Å²) >= 11 is 0. The molecule has 6 heteroatoms. The first-order chi connectivity index (χ1) is 10.3. The molecule has 0 unspecified atom stereocenters. The van der Waals surface area contributed by atoms with Crippen molar-refractivity contribution in [3.8, 4) is 0 Å². The molecule has 0 aromatic heterocycles. The lowest BCUT2D eigenvalue weighted by atomic mass is 10.0. The van der Waals surface area contributed by atoms with Crippen LogP contribution in [0.15, 0.2) is 48.5 Å². The third kappa shape index (κ3) is 3.52. The van der Waals surface area contributed by atoms with Gasteiger partial charge in [-0.15, -0.1) is 0 Å². The largest absolute Gasteiger partial charge is 0.416 e. The maximum absolute atomic E-state index is 12.5. The van der Waals surface area contributed by atoms with Crippen LogP contribution in [0.5, 0.6) is 0 Å². The molecule has 2 aromatic rings. The maximum Gasteiger partial charge on any atom is 0.416 e. The predicted octanol–water partition coefficient (Wildman–Crippen LogP) is 3.89. The molecule has 0 saturated heterocycles. The lowest BCUT2D eigenvalue weighted by Crippen LogP contribution is -2.12. The summed E-state index contributed by atoms with van der Waals surface area (Å²) in [5.74, 6) is -0.800. The van der Waals surface area contributed by atoms with Crippen molar-refractivity contribution >= 4 is 17.4 Å². The fraction of sp³-hybridized carbons (Fsp3) is 0.125. The van der Waals surface area contributed by atoms with Crippen molar-refractivity contribution in [3.63, 3.8) is 0 Å². The third-order valence-corrected chi connectivity index (χ3v) is 2.96. The molecule has 0 aliphatic rings. The summed E-state index contributed by atoms with van der Waals surface area (Å²) in [5, 5.41) is 2.52. The minimum atomic E-state index is -4.45. The van der Waals surface area contributed by atoms with Crippen molar-refractivity contribution in [2.75, 3.05) is 5.32 Å². The van der Waals surface area contributed by atoms with Crippen LogP contribution in [0.4, 0.5) is 18.9 Å². The Hall–Kier alpha value is -2.63. The second-order valence-electron chi connectivity index (χ2n) is 4.63. The summed E-state index contributed by atoms with van der Waals surface area (Å²) in [6.45, 7) is 1.30. The van der Waals surface area contributed by atoms with Crippen molar-refractivity contribution in [3.05, 3.63) is 65.2 Å². The number of benzene rings is 2. The standard InChI is InChI=1S/C16H12F3NO2/c1-10(21)20-14-5-3-2-4-13(14)15(22)11-6-8-12(9-7-11)16(17,18)19/h2-9H,1H3,(H,20,21). The van der Waals surface area contributed by atoms with Gasteiger partial charge in [0.15, 0.2) is 5.78 Å². The highest BCUT2D eigenvalue weighted by atomic mass is 19.4. The van der Waals surface area contributed by atoms with Crippen molar-refractivity contribution in [1.29, 1.82) is 0 Å². The predicted molar refractivity (Wildman–Crippen MR) is 75.6 cm³/mol. The number of hydrogen-bond acceptors (Lipinski definition) is 2. The minimum Gasteiger partial charge on any atom is -0.326 e. The molecule has 3 nitrogen and oxygen atoms in total. The topological polar surface area (TPSA) is 46.2 Å². The molecule has 0 atom stereocenters. The van der Waals surface area contributed by atoms with Gasteiger partial charge in [0, 0.05) is 18.1 Å². The van der Waals surface area contributed by atoms with Gasteiger partial charge in [-0.2, -0.15) is 13.2 Å². The first-order valence-electron chi connectivity index (χ1n) is 6.37. The summed E-state index contributed by atoms with van der Waals surface area (Å²) in [7, 11) is 0. The lowest BCUT2D eigenvalue weighted by molar-refractivity contribution is -0.137. The van der Waals surface area contributed by atoms with Crippen LogP contribution in [0.1, 0.15) is 28.4 Å². The van der Waals surface area contributed by atoms with Crippen molar-refractivity contribution in [2.45, 2.75) is 13.1 Å². The van der Waals surface area contributed by atoms with Crippen molar-refractivity contribution in [2.24, 2.45) is 0 Å². The zero-order valence-electron chi connectivity index (χ0n) is 11.6. The summed E-state index contributed by atoms with van der Waals surface area (Å²) in [4.78, 5) is 23.5. The zero-order valence-corrected chi connectivity index (χ0v) is 11.6. The van der Waals surface area contributed by atoms with E-state index in [1.165, 1.54) is 13.0 Å². The van der Waals surface area contributed by atoms with Crippen LogP contribution in [0.3, 0.4) is 0 Å². The third-order valence-electron chi connectivity index (χ3n) is 2.96. The van der Waals surface area contributed by atoms with Crippen LogP contribution >= 0.6 is 0 Å². The molecule has 0 fully saturated rings. The Morgan fingerprint density at radius 1 is 0.955 bits per heavy atom. The number of amides is 1. The van der Waals surface area contributed by atoms with E-state index in [4.69, 9.17) is 0 Å². The van der Waals surface area contributed by atoms with Gasteiger partial charge in [0.05, 0.1) is 11.3 Å². The molecule has 0 saturated carbocycles. The molecule has 1 N–H and O–H groups in total. The molecule has 0 heterocycles. The van der Waals surface area contributed by atoms with E-state index >= 15 is 0 Å². The van der Waals surface area contributed by atoms with Gasteiger partial charge in [0.2, 0.25) is 5.91 Å². The molecular weight excluding hydrogens is 295 g/mol. The van der Waals surface area contributed by atoms with Crippen LogP contribution in [-0.2, 0) is 11.0 Å². The normalized spacial score (nSPS) is 11.1. The van der Waals surface area contributed by atoms with Crippen LogP contribution < -0.4 is 5.32 Å². The average Bonchev–Trinajstić information content (AvgIpc) is 2.46. The zero-order chi connectivity index (χ0) is 16.3. The summed E-state index contributed by atoms with van der Waals surface area (Å²) in [6.07, 6.45) is -4.45. The second kappa shape index (κ2) is 6.01. The quantitative estimate of drug-likeness (QED) is 0.874. The van der Waals surface area contributed by atoms with E-state index in [1.807, 2.05) is 0 Å². The maximum atomic E-state index is 12.5. The average molecular weight is 307 g/mol. The van der Waals surface area contributed by atoms with Gasteiger partial charge in [-0.3, -0.25) is 9.59 Å². The summed E-state index contributed by atoms with van der Waals surface area (Å²) in [5.41, 5.74) is -0.164. The van der Waals surface area contributed by atoms with Gasteiger partial charge in [-0.05, 0) is 24.3 Å². The summed E-state index contributed by atoms with van der Waals surface area (Å²) in [6, 6.07) is 10.3. The molecule has 22 heavy (non-hydrogen) atoms. The number of carbonyl (C=O) groups excluding carboxylic acids is 2. The van der Waals surface area contributed by atoms with E-state index in [0.717, 1.165) is 24.3 Å². The highest BCUT2D eigenvalue weighted by Crippen LogP contribution is 2.29. The Labute approximate surface area is 124 Å². The molecular formula is C16H12F3NO2. The van der Waals surface area contributed by atoms with Gasteiger partial charge < -0.3 is 5.32 Å². The number of ketones is 1. The molecule has 0 radical (unpaired) electrons. The van der Waals surface area contributed by atoms with E-state index < -0.39 is 17.5 Å². The highest BCUT2D eigenvalue weighted by Gasteiger charge is 2.30. The van der Waals surface area contributed by atoms with E-state index in [2.05, 4.69) is 5.32 Å². The highest BCUT2D eigenvalue weighted by molar-refractivity contribution is 6.13. The Balaban J connectivity index is 2.34. The first-order valence-corrected chi connectivity index (χ1v) is 6.37. The van der Waals surface area contributed by atoms with Gasteiger partial charge in [0.1, 0.15) is 0 Å². The Morgan fingerprint density at radius 2 is 1.55 bits per heavy atom. The van der Waals surface area contributed by atoms with E-state index in [9.17, 15) is 22.8 Å². The van der Waals surface area contributed by atoms with Gasteiger partial charge in [-0.1, -0.05) is 24.3 Å². The van der Waals surface area contributed by atoms with Crippen LogP contribution in [0.25, 0.3) is 0 Å². The molecule has 0 bridgehead atoms. The molecule has 2 rings (SSSR count). The number of para-hydroxylation sites is 1. The monoisotopic (exact) mass is 307 g/mol. The number of halogens is 3. The number of carbonyl (C=O) groups is 2. The summed E-state index contributed by atoms with van der Waals surface area (Å²) < 4.78 is 37.6. The van der Waals surface area contributed by atoms with Crippen molar-refractivity contribution in [1.82, 2.24) is 0 Å². The second-order valence-corrected chi connectivity index (χ2v) is 4.63.